The van der Waals surface area contributed by atoms with Gasteiger partial charge in [0.1, 0.15) is 0 Å². The van der Waals surface area contributed by atoms with Crippen molar-refractivity contribution in [3.05, 3.63) is 0 Å². The average Bonchev–Trinajstić information content (AvgIpc) is 2.77. The lowest BCUT2D eigenvalue weighted by atomic mass is 10.1. The summed E-state index contributed by atoms with van der Waals surface area (Å²) in [6.45, 7) is 6.41. The maximum absolute atomic E-state index is 11.8. The molecule has 3 nitrogen and oxygen atoms in total. The lowest BCUT2D eigenvalue weighted by Crippen LogP contribution is -2.43. The van der Waals surface area contributed by atoms with Crippen LogP contribution in [0.15, 0.2) is 0 Å². The second kappa shape index (κ2) is 3.54. The van der Waals surface area contributed by atoms with Gasteiger partial charge in [-0.2, -0.15) is 0 Å². The molecule has 1 aliphatic heterocycles. The normalized spacial score (nSPS) is 31.1. The maximum Gasteiger partial charge on any atom is 0.223 e. The van der Waals surface area contributed by atoms with Gasteiger partial charge in [0.2, 0.25) is 5.91 Å². The van der Waals surface area contributed by atoms with Crippen molar-refractivity contribution in [2.24, 2.45) is 11.3 Å². The van der Waals surface area contributed by atoms with Gasteiger partial charge in [0, 0.05) is 12.0 Å². The first-order valence-electron chi connectivity index (χ1n) is 5.61. The van der Waals surface area contributed by atoms with Gasteiger partial charge < -0.3 is 10.6 Å². The van der Waals surface area contributed by atoms with Gasteiger partial charge in [-0.1, -0.05) is 13.8 Å². The molecule has 1 saturated carbocycles. The monoisotopic (exact) mass is 196 g/mol. The van der Waals surface area contributed by atoms with Crippen LogP contribution in [0.25, 0.3) is 0 Å². The Morgan fingerprint density at radius 1 is 1.36 bits per heavy atom. The minimum atomic E-state index is 0.261. The van der Waals surface area contributed by atoms with Crippen LogP contribution >= 0.6 is 0 Å². The summed E-state index contributed by atoms with van der Waals surface area (Å²) in [5.74, 6) is 0.555. The molecule has 1 atom stereocenters. The molecule has 2 N–H and O–H groups in total. The highest BCUT2D eigenvalue weighted by molar-refractivity contribution is 5.82. The molecular weight excluding hydrogens is 176 g/mol. The van der Waals surface area contributed by atoms with Crippen molar-refractivity contribution >= 4 is 5.91 Å². The van der Waals surface area contributed by atoms with E-state index in [0.29, 0.717) is 6.04 Å². The van der Waals surface area contributed by atoms with Gasteiger partial charge in [-0.25, -0.2) is 0 Å². The van der Waals surface area contributed by atoms with Crippen LogP contribution in [-0.2, 0) is 4.79 Å². The van der Waals surface area contributed by atoms with E-state index < -0.39 is 0 Å². The molecule has 80 valence electrons. The van der Waals surface area contributed by atoms with Crippen LogP contribution in [0.3, 0.4) is 0 Å². The molecule has 0 spiro atoms. The van der Waals surface area contributed by atoms with Gasteiger partial charge >= 0.3 is 0 Å². The number of hydrogen-bond donors (Lipinski definition) is 2. The van der Waals surface area contributed by atoms with E-state index in [-0.39, 0.29) is 17.2 Å². The van der Waals surface area contributed by atoms with Crippen molar-refractivity contribution in [3.8, 4) is 0 Å². The van der Waals surface area contributed by atoms with E-state index in [1.807, 2.05) is 0 Å². The van der Waals surface area contributed by atoms with Crippen molar-refractivity contribution in [2.75, 3.05) is 13.1 Å². The molecule has 2 fully saturated rings. The first-order chi connectivity index (χ1) is 6.59. The van der Waals surface area contributed by atoms with E-state index in [1.54, 1.807) is 0 Å². The van der Waals surface area contributed by atoms with Gasteiger partial charge in [-0.3, -0.25) is 4.79 Å². The van der Waals surface area contributed by atoms with E-state index in [4.69, 9.17) is 0 Å². The number of rotatable bonds is 2. The standard InChI is InChI=1S/C11H20N2O/c1-11(2)7-9(11)10(14)13-8-3-5-12-6-4-8/h8-9,12H,3-7H2,1-2H3,(H,13,14)/t9-/m1/s1. The topological polar surface area (TPSA) is 41.1 Å². The summed E-state index contributed by atoms with van der Waals surface area (Å²) in [7, 11) is 0. The predicted octanol–water partition coefficient (Wildman–Crippen LogP) is 0.901. The summed E-state index contributed by atoms with van der Waals surface area (Å²) in [6.07, 6.45) is 3.22. The maximum atomic E-state index is 11.8. The summed E-state index contributed by atoms with van der Waals surface area (Å²) >= 11 is 0. The number of amides is 1. The van der Waals surface area contributed by atoms with Crippen molar-refractivity contribution < 1.29 is 4.79 Å². The summed E-state index contributed by atoms with van der Waals surface area (Å²) in [4.78, 5) is 11.8. The Morgan fingerprint density at radius 2 is 1.93 bits per heavy atom. The Morgan fingerprint density at radius 3 is 2.43 bits per heavy atom. The zero-order chi connectivity index (χ0) is 10.2. The minimum absolute atomic E-state index is 0.261. The number of hydrogen-bond acceptors (Lipinski definition) is 2. The molecule has 1 heterocycles. The van der Waals surface area contributed by atoms with Gasteiger partial charge in [-0.15, -0.1) is 0 Å². The van der Waals surface area contributed by atoms with Gasteiger partial charge in [0.25, 0.3) is 0 Å². The number of piperidine rings is 1. The largest absolute Gasteiger partial charge is 0.353 e. The molecule has 2 rings (SSSR count). The van der Waals surface area contributed by atoms with Crippen molar-refractivity contribution in [1.29, 1.82) is 0 Å². The molecule has 14 heavy (non-hydrogen) atoms. The van der Waals surface area contributed by atoms with Crippen LogP contribution in [0.1, 0.15) is 33.1 Å². The summed E-state index contributed by atoms with van der Waals surface area (Å²) in [5.41, 5.74) is 0.261. The van der Waals surface area contributed by atoms with Crippen LogP contribution in [0.4, 0.5) is 0 Å². The highest BCUT2D eigenvalue weighted by atomic mass is 16.2. The summed E-state index contributed by atoms with van der Waals surface area (Å²) in [6, 6.07) is 0.417. The molecular formula is C11H20N2O. The van der Waals surface area contributed by atoms with Crippen LogP contribution in [0, 0.1) is 11.3 Å². The minimum Gasteiger partial charge on any atom is -0.353 e. The SMILES string of the molecule is CC1(C)C[C@@H]1C(=O)NC1CCNCC1. The Balaban J connectivity index is 1.77. The van der Waals surface area contributed by atoms with E-state index in [1.165, 1.54) is 0 Å². The first kappa shape index (κ1) is 9.97. The summed E-state index contributed by atoms with van der Waals surface area (Å²) in [5, 5.41) is 6.46. The third-order valence-electron chi connectivity index (χ3n) is 3.52. The van der Waals surface area contributed by atoms with Crippen LogP contribution in [0.5, 0.6) is 0 Å². The Kier molecular flexibility index (Phi) is 2.52. The zero-order valence-electron chi connectivity index (χ0n) is 9.10. The van der Waals surface area contributed by atoms with Gasteiger partial charge in [0.05, 0.1) is 0 Å². The molecule has 0 aromatic heterocycles. The molecule has 3 heteroatoms. The molecule has 2 aliphatic rings. The Hall–Kier alpha value is -0.570. The molecule has 1 aliphatic carbocycles. The second-order valence-corrected chi connectivity index (χ2v) is 5.28. The van der Waals surface area contributed by atoms with Gasteiger partial charge in [-0.05, 0) is 37.8 Å². The predicted molar refractivity (Wildman–Crippen MR) is 55.9 cm³/mol. The van der Waals surface area contributed by atoms with Crippen molar-refractivity contribution in [1.82, 2.24) is 10.6 Å². The molecule has 0 radical (unpaired) electrons. The third kappa shape index (κ3) is 2.08. The van der Waals surface area contributed by atoms with E-state index in [0.717, 1.165) is 32.4 Å². The average molecular weight is 196 g/mol. The number of nitrogens with one attached hydrogen (secondary N) is 2. The summed E-state index contributed by atoms with van der Waals surface area (Å²) < 4.78 is 0. The van der Waals surface area contributed by atoms with Gasteiger partial charge in [0.15, 0.2) is 0 Å². The fourth-order valence-electron chi connectivity index (χ4n) is 2.18. The van der Waals surface area contributed by atoms with E-state index in [2.05, 4.69) is 24.5 Å². The second-order valence-electron chi connectivity index (χ2n) is 5.28. The van der Waals surface area contributed by atoms with E-state index >= 15 is 0 Å². The number of carbonyl (C=O) groups excluding carboxylic acids is 1. The molecule has 0 aromatic rings. The van der Waals surface area contributed by atoms with Crippen LogP contribution < -0.4 is 10.6 Å². The lowest BCUT2D eigenvalue weighted by Gasteiger charge is -2.23. The molecule has 0 bridgehead atoms. The molecule has 0 aromatic carbocycles. The van der Waals surface area contributed by atoms with Crippen LogP contribution in [-0.4, -0.2) is 25.0 Å². The third-order valence-corrected chi connectivity index (χ3v) is 3.52. The molecule has 1 amide bonds. The van der Waals surface area contributed by atoms with E-state index in [9.17, 15) is 4.79 Å². The fraction of sp³-hybridized carbons (Fsp3) is 0.909. The molecule has 1 saturated heterocycles. The fourth-order valence-corrected chi connectivity index (χ4v) is 2.18. The Labute approximate surface area is 85.6 Å². The zero-order valence-corrected chi connectivity index (χ0v) is 9.10. The molecule has 0 unspecified atom stereocenters. The quantitative estimate of drug-likeness (QED) is 0.689. The van der Waals surface area contributed by atoms with Crippen LogP contribution in [0.2, 0.25) is 0 Å². The highest BCUT2D eigenvalue weighted by Crippen LogP contribution is 2.51. The van der Waals surface area contributed by atoms with Crippen molar-refractivity contribution in [3.63, 3.8) is 0 Å². The smallest absolute Gasteiger partial charge is 0.223 e. The highest BCUT2D eigenvalue weighted by Gasteiger charge is 2.50. The first-order valence-corrected chi connectivity index (χ1v) is 5.61. The van der Waals surface area contributed by atoms with Crippen molar-refractivity contribution in [2.45, 2.75) is 39.2 Å². The Bertz CT molecular complexity index is 231. The lowest BCUT2D eigenvalue weighted by molar-refractivity contribution is -0.123. The number of carbonyl (C=O) groups is 1.